The number of aliphatic hydroxyl groups is 5. The summed E-state index contributed by atoms with van der Waals surface area (Å²) in [6.45, 7) is -0.617. The second kappa shape index (κ2) is 26.1. The fourth-order valence-electron chi connectivity index (χ4n) is 9.53. The Morgan fingerprint density at radius 1 is 0.537 bits per heavy atom. The molecule has 0 saturated carbocycles. The van der Waals surface area contributed by atoms with E-state index in [0.29, 0.717) is 6.42 Å². The van der Waals surface area contributed by atoms with Gasteiger partial charge in [-0.3, -0.25) is 37.8 Å². The van der Waals surface area contributed by atoms with Crippen LogP contribution in [0.25, 0.3) is 0 Å². The van der Waals surface area contributed by atoms with E-state index in [4.69, 9.17) is 56.1 Å². The van der Waals surface area contributed by atoms with E-state index in [9.17, 15) is 71.9 Å². The molecule has 0 aromatic carbocycles. The minimum Gasteiger partial charge on any atom is -0.393 e. The molecule has 0 aliphatic carbocycles. The number of anilines is 2. The van der Waals surface area contributed by atoms with Crippen molar-refractivity contribution in [3.05, 3.63) is 112 Å². The van der Waals surface area contributed by atoms with Gasteiger partial charge in [-0.15, -0.1) is 25.7 Å². The van der Waals surface area contributed by atoms with E-state index in [1.54, 1.807) is 6.92 Å². The molecule has 4 aromatic rings. The van der Waals surface area contributed by atoms with Crippen LogP contribution in [0.4, 0.5) is 29.2 Å². The first-order valence-corrected chi connectivity index (χ1v) is 24.3. The van der Waals surface area contributed by atoms with Crippen molar-refractivity contribution >= 4 is 11.6 Å². The van der Waals surface area contributed by atoms with Crippen molar-refractivity contribution in [2.75, 3.05) is 58.0 Å². The molecule has 4 aromatic heterocycles. The SMILES string of the molecule is C#C[C@@H]1[C@H](n2ccc(=O)[nH]c2=O)O[C@@](CC)(CF)[C@H]1C.C#C[C@@H]1[C@H](n2ccc(=O)[nH]c2=O)O[C@@](CO)(CF)[C@H]1O.C#C[C@@H]1[C@H](n2ccc(N)nc2=O)O[C@@](CO)(CF)[C@H]1C.C#C[C@@H]1[C@H](n2ccc(N)nc2=O)O[C@@](CO)(CF)[C@H]1O. The number of terminal acetylenes is 4. The van der Waals surface area contributed by atoms with Gasteiger partial charge in [0, 0.05) is 48.8 Å². The van der Waals surface area contributed by atoms with Crippen LogP contribution in [0.15, 0.2) is 77.8 Å². The van der Waals surface area contributed by atoms with Crippen molar-refractivity contribution in [2.24, 2.45) is 35.5 Å². The third-order valence-electron chi connectivity index (χ3n) is 14.7. The number of H-pyrrole nitrogens is 2. The molecule has 16 atom stereocenters. The Kier molecular flexibility index (Phi) is 20.6. The van der Waals surface area contributed by atoms with E-state index < -0.39 is 170 Å². The normalized spacial score (nSPS) is 33.0. The first-order valence-electron chi connectivity index (χ1n) is 24.3. The number of aromatic amines is 2. The summed E-state index contributed by atoms with van der Waals surface area (Å²) < 4.78 is 79.3. The summed E-state index contributed by atoms with van der Waals surface area (Å²) in [5.41, 5.74) is 0.788. The molecule has 80 heavy (non-hydrogen) atoms. The van der Waals surface area contributed by atoms with E-state index in [1.165, 1.54) is 45.9 Å². The summed E-state index contributed by atoms with van der Waals surface area (Å²) in [7, 11) is 0. The average Bonchev–Trinajstić information content (AvgIpc) is 4.12. The Morgan fingerprint density at radius 2 is 0.838 bits per heavy atom. The van der Waals surface area contributed by atoms with Crippen LogP contribution in [-0.4, -0.2) is 145 Å². The third kappa shape index (κ3) is 11.9. The highest BCUT2D eigenvalue weighted by molar-refractivity contribution is 5.25. The molecule has 25 nitrogen and oxygen atoms in total. The largest absolute Gasteiger partial charge is 0.393 e. The predicted octanol–water partition coefficient (Wildman–Crippen LogP) is -1.95. The summed E-state index contributed by atoms with van der Waals surface area (Å²) in [5.74, 6) is 5.95. The van der Waals surface area contributed by atoms with Crippen molar-refractivity contribution in [3.8, 4) is 49.4 Å². The van der Waals surface area contributed by atoms with Gasteiger partial charge in [0.2, 0.25) is 0 Å². The number of nitrogens with two attached hydrogens (primary N) is 2. The molecular weight excluding hydrogens is 1070 g/mol. The second-order valence-corrected chi connectivity index (χ2v) is 19.0. The third-order valence-corrected chi connectivity index (χ3v) is 14.7. The number of hydrogen-bond acceptors (Lipinski definition) is 19. The molecule has 8 heterocycles. The molecule has 4 fully saturated rings. The lowest BCUT2D eigenvalue weighted by atomic mass is 9.81. The van der Waals surface area contributed by atoms with E-state index in [-0.39, 0.29) is 17.6 Å². The summed E-state index contributed by atoms with van der Waals surface area (Å²) >= 11 is 0. The molecule has 4 aliphatic rings. The molecule has 0 radical (unpaired) electrons. The monoisotopic (exact) mass is 1130 g/mol. The van der Waals surface area contributed by atoms with Gasteiger partial charge in [0.1, 0.15) is 72.9 Å². The van der Waals surface area contributed by atoms with Crippen LogP contribution < -0.4 is 45.3 Å². The van der Waals surface area contributed by atoms with Crippen LogP contribution in [0.1, 0.15) is 52.1 Å². The maximum Gasteiger partial charge on any atom is 0.351 e. The Labute approximate surface area is 452 Å². The van der Waals surface area contributed by atoms with Gasteiger partial charge in [-0.05, 0) is 18.6 Å². The topological polar surface area (TPSA) is 370 Å². The maximum absolute atomic E-state index is 13.4. The van der Waals surface area contributed by atoms with Gasteiger partial charge >= 0.3 is 22.8 Å². The van der Waals surface area contributed by atoms with Crippen molar-refractivity contribution in [1.29, 1.82) is 0 Å². The Hall–Kier alpha value is -7.68. The standard InChI is InChI=1S/C14H17FN2O3.C13H16FN3O3.C12H14FN3O4.C12H13FN2O5/c1-4-10-9(3)14(5-2,8-15)20-12(10)17-7-6-11(18)16-13(17)19;1-3-9-8(2)13(6-14,7-18)20-11(9)17-5-4-10(15)16-12(17)19;1-2-7-9(18)12(5-13,6-17)20-10(7)16-4-3-8(14)15-11(16)19;1-2-7-9(18)12(5-13,6-16)20-10(7)15-4-3-8(17)14-11(15)19/h1,6-7,9-10,12H,5,8H2,2-3H3,(H,16,18,19);1,4-5,8-9,11,18H,6-7H2,2H3,(H2,15,16,19);1,3-4,7,9-10,17-18H,5-6H2,(H2,14,15,19);1,3-4,7,9-10,16,18H,5-6H2,(H,14,17,19)/t9-,10-,12+,14-;8-,9-,11+,13+;2*7-,9-,10+,12+/m0000/s1. The summed E-state index contributed by atoms with van der Waals surface area (Å²) in [6, 6.07) is 5.06. The zero-order chi connectivity index (χ0) is 59.7. The number of nitrogens with zero attached hydrogens (tertiary/aromatic N) is 6. The Bertz CT molecular complexity index is 3120. The zero-order valence-corrected chi connectivity index (χ0v) is 43.2. The van der Waals surface area contributed by atoms with Crippen molar-refractivity contribution < 1.29 is 62.0 Å². The molecule has 4 saturated heterocycles. The molecule has 0 bridgehead atoms. The van der Waals surface area contributed by atoms with Crippen LogP contribution in [0.3, 0.4) is 0 Å². The molecule has 0 amide bonds. The van der Waals surface area contributed by atoms with E-state index in [2.05, 4.69) is 38.6 Å². The molecule has 0 spiro atoms. The summed E-state index contributed by atoms with van der Waals surface area (Å²) in [6.07, 6.45) is 20.3. The number of rotatable bonds is 12. The molecule has 11 N–H and O–H groups in total. The van der Waals surface area contributed by atoms with Crippen LogP contribution in [0, 0.1) is 84.9 Å². The number of ether oxygens (including phenoxy) is 4. The molecule has 4 aliphatic heterocycles. The molecule has 8 rings (SSSR count). The summed E-state index contributed by atoms with van der Waals surface area (Å²) in [4.78, 5) is 80.5. The fourth-order valence-corrected chi connectivity index (χ4v) is 9.53. The number of nitrogens with one attached hydrogen (secondary N) is 2. The van der Waals surface area contributed by atoms with Gasteiger partial charge in [-0.25, -0.2) is 36.7 Å². The maximum atomic E-state index is 13.4. The number of aliphatic hydroxyl groups excluding tert-OH is 5. The fraction of sp³-hybridized carbons (Fsp3) is 0.529. The highest BCUT2D eigenvalue weighted by Crippen LogP contribution is 2.48. The minimum absolute atomic E-state index is 0.0148. The van der Waals surface area contributed by atoms with Gasteiger partial charge in [-0.2, -0.15) is 9.97 Å². The van der Waals surface area contributed by atoms with E-state index in [0.717, 1.165) is 21.4 Å². The number of aromatic nitrogens is 8. The van der Waals surface area contributed by atoms with Gasteiger partial charge in [0.15, 0.2) is 24.9 Å². The smallest absolute Gasteiger partial charge is 0.351 e. The second-order valence-electron chi connectivity index (χ2n) is 19.0. The van der Waals surface area contributed by atoms with Gasteiger partial charge < -0.3 is 55.9 Å². The Morgan fingerprint density at radius 3 is 1.15 bits per heavy atom. The minimum atomic E-state index is -1.88. The van der Waals surface area contributed by atoms with Crippen LogP contribution in [-0.2, 0) is 18.9 Å². The highest BCUT2D eigenvalue weighted by Gasteiger charge is 2.57. The predicted molar refractivity (Wildman–Crippen MR) is 275 cm³/mol. The lowest BCUT2D eigenvalue weighted by molar-refractivity contribution is -0.138. The lowest BCUT2D eigenvalue weighted by Crippen LogP contribution is -2.46. The molecule has 432 valence electrons. The van der Waals surface area contributed by atoms with Crippen LogP contribution in [0.2, 0.25) is 0 Å². The number of hydrogen-bond donors (Lipinski definition) is 9. The molecular formula is C51H60F4N10O15. The van der Waals surface area contributed by atoms with Crippen molar-refractivity contribution in [1.82, 2.24) is 38.2 Å². The van der Waals surface area contributed by atoms with Gasteiger partial charge in [0.05, 0.1) is 43.5 Å². The zero-order valence-electron chi connectivity index (χ0n) is 43.2. The van der Waals surface area contributed by atoms with E-state index >= 15 is 0 Å². The first-order chi connectivity index (χ1) is 37.9. The number of alkyl halides is 4. The quantitative estimate of drug-likeness (QED) is 0.0550. The lowest BCUT2D eigenvalue weighted by Gasteiger charge is -2.28. The van der Waals surface area contributed by atoms with Crippen molar-refractivity contribution in [3.63, 3.8) is 0 Å². The van der Waals surface area contributed by atoms with Crippen LogP contribution in [0.5, 0.6) is 0 Å². The summed E-state index contributed by atoms with van der Waals surface area (Å²) in [5, 5.41) is 48.0. The van der Waals surface area contributed by atoms with Gasteiger partial charge in [-0.1, -0.05) is 44.5 Å². The molecule has 29 heteroatoms. The van der Waals surface area contributed by atoms with Gasteiger partial charge in [0.25, 0.3) is 11.1 Å². The highest BCUT2D eigenvalue weighted by atomic mass is 19.1. The number of nitrogen functional groups attached to an aromatic ring is 2. The van der Waals surface area contributed by atoms with Crippen molar-refractivity contribution in [2.45, 2.75) is 86.7 Å². The Balaban J connectivity index is 0.000000196. The molecule has 0 unspecified atom stereocenters. The average molecular weight is 1130 g/mol. The number of halogens is 4. The van der Waals surface area contributed by atoms with E-state index in [1.807, 2.05) is 18.8 Å². The van der Waals surface area contributed by atoms with Crippen LogP contribution >= 0.6 is 0 Å². The first kappa shape index (κ1) is 63.2.